The normalized spacial score (nSPS) is 10.2. The maximum absolute atomic E-state index is 9.56. The molecule has 0 aliphatic heterocycles. The highest BCUT2D eigenvalue weighted by Gasteiger charge is 2.02. The van der Waals surface area contributed by atoms with Gasteiger partial charge in [0, 0.05) is 4.47 Å². The topological polar surface area (TPSA) is 50.9 Å². The Labute approximate surface area is 83.0 Å². The molecule has 4 nitrogen and oxygen atoms in total. The second-order valence-electron chi connectivity index (χ2n) is 2.50. The first kappa shape index (κ1) is 8.25. The zero-order valence-electron chi connectivity index (χ0n) is 6.55. The third-order valence-corrected chi connectivity index (χ3v) is 2.13. The largest absolute Gasteiger partial charge is 0.506 e. The Bertz CT molecular complexity index is 413. The lowest BCUT2D eigenvalue weighted by Crippen LogP contribution is -1.89. The van der Waals surface area contributed by atoms with E-state index in [1.54, 1.807) is 16.7 Å². The SMILES string of the molecule is Oc1cc(Br)ccc1-n1cnnc1. The first-order valence-electron chi connectivity index (χ1n) is 3.61. The Balaban J connectivity index is 2.53. The molecule has 0 amide bonds. The third kappa shape index (κ3) is 1.55. The first-order valence-corrected chi connectivity index (χ1v) is 4.40. The molecule has 0 atom stereocenters. The van der Waals surface area contributed by atoms with Gasteiger partial charge in [0.15, 0.2) is 0 Å². The molecule has 0 fully saturated rings. The van der Waals surface area contributed by atoms with Gasteiger partial charge < -0.3 is 5.11 Å². The van der Waals surface area contributed by atoms with Gasteiger partial charge in [0.2, 0.25) is 0 Å². The minimum atomic E-state index is 0.189. The molecule has 13 heavy (non-hydrogen) atoms. The minimum Gasteiger partial charge on any atom is -0.506 e. The molecule has 2 aromatic rings. The van der Waals surface area contributed by atoms with Crippen molar-refractivity contribution in [2.24, 2.45) is 0 Å². The summed E-state index contributed by atoms with van der Waals surface area (Å²) in [6.45, 7) is 0. The molecule has 2 rings (SSSR count). The van der Waals surface area contributed by atoms with Gasteiger partial charge in [0.25, 0.3) is 0 Å². The van der Waals surface area contributed by atoms with Crippen LogP contribution in [0.25, 0.3) is 5.69 Å². The zero-order chi connectivity index (χ0) is 9.26. The molecular weight excluding hydrogens is 234 g/mol. The number of aromatic nitrogens is 3. The van der Waals surface area contributed by atoms with Gasteiger partial charge >= 0.3 is 0 Å². The molecule has 5 heteroatoms. The standard InChI is InChI=1S/C8H6BrN3O/c9-6-1-2-7(8(13)3-6)12-4-10-11-5-12/h1-5,13H. The molecule has 1 heterocycles. The maximum Gasteiger partial charge on any atom is 0.140 e. The zero-order valence-corrected chi connectivity index (χ0v) is 8.14. The molecule has 0 saturated carbocycles. The number of phenols is 1. The third-order valence-electron chi connectivity index (χ3n) is 1.63. The van der Waals surface area contributed by atoms with Crippen molar-refractivity contribution in [1.82, 2.24) is 14.8 Å². The number of phenolic OH excluding ortho intramolecular Hbond substituents is 1. The summed E-state index contributed by atoms with van der Waals surface area (Å²) in [6.07, 6.45) is 3.06. The maximum atomic E-state index is 9.56. The van der Waals surface area contributed by atoms with E-state index in [9.17, 15) is 5.11 Å². The average molecular weight is 240 g/mol. The van der Waals surface area contributed by atoms with E-state index in [-0.39, 0.29) is 5.75 Å². The molecule has 0 radical (unpaired) electrons. The molecule has 1 N–H and O–H groups in total. The number of benzene rings is 1. The van der Waals surface area contributed by atoms with E-state index in [1.165, 1.54) is 12.7 Å². The molecule has 1 aromatic carbocycles. The highest BCUT2D eigenvalue weighted by molar-refractivity contribution is 9.10. The lowest BCUT2D eigenvalue weighted by Gasteiger charge is -2.03. The lowest BCUT2D eigenvalue weighted by atomic mass is 10.3. The predicted molar refractivity (Wildman–Crippen MR) is 50.7 cm³/mol. The summed E-state index contributed by atoms with van der Waals surface area (Å²) in [5, 5.41) is 16.9. The van der Waals surface area contributed by atoms with Gasteiger partial charge in [-0.25, -0.2) is 0 Å². The summed E-state index contributed by atoms with van der Waals surface area (Å²) in [7, 11) is 0. The molecule has 0 saturated heterocycles. The summed E-state index contributed by atoms with van der Waals surface area (Å²) in [4.78, 5) is 0. The van der Waals surface area contributed by atoms with Crippen molar-refractivity contribution in [3.05, 3.63) is 35.3 Å². The molecule has 0 unspecified atom stereocenters. The summed E-state index contributed by atoms with van der Waals surface area (Å²) < 4.78 is 2.48. The van der Waals surface area contributed by atoms with Crippen molar-refractivity contribution in [1.29, 1.82) is 0 Å². The Morgan fingerprint density at radius 1 is 1.23 bits per heavy atom. The van der Waals surface area contributed by atoms with Crippen molar-refractivity contribution >= 4 is 15.9 Å². The van der Waals surface area contributed by atoms with E-state index in [1.807, 2.05) is 6.07 Å². The van der Waals surface area contributed by atoms with E-state index in [4.69, 9.17) is 0 Å². The van der Waals surface area contributed by atoms with E-state index in [0.717, 1.165) is 4.47 Å². The quantitative estimate of drug-likeness (QED) is 0.825. The smallest absolute Gasteiger partial charge is 0.140 e. The van der Waals surface area contributed by atoms with Crippen molar-refractivity contribution in [3.8, 4) is 11.4 Å². The van der Waals surface area contributed by atoms with Crippen molar-refractivity contribution < 1.29 is 5.11 Å². The van der Waals surface area contributed by atoms with E-state index < -0.39 is 0 Å². The fourth-order valence-electron chi connectivity index (χ4n) is 1.04. The van der Waals surface area contributed by atoms with Gasteiger partial charge in [-0.15, -0.1) is 10.2 Å². The number of hydrogen-bond acceptors (Lipinski definition) is 3. The highest BCUT2D eigenvalue weighted by Crippen LogP contribution is 2.24. The van der Waals surface area contributed by atoms with Crippen LogP contribution >= 0.6 is 15.9 Å². The number of halogens is 1. The van der Waals surface area contributed by atoms with Gasteiger partial charge in [-0.1, -0.05) is 15.9 Å². The van der Waals surface area contributed by atoms with Gasteiger partial charge in [-0.2, -0.15) is 0 Å². The van der Waals surface area contributed by atoms with Crippen LogP contribution in [-0.4, -0.2) is 19.9 Å². The van der Waals surface area contributed by atoms with Crippen LogP contribution in [0.5, 0.6) is 5.75 Å². The Kier molecular flexibility index (Phi) is 2.02. The van der Waals surface area contributed by atoms with Crippen LogP contribution in [-0.2, 0) is 0 Å². The Morgan fingerprint density at radius 2 is 1.92 bits per heavy atom. The van der Waals surface area contributed by atoms with Crippen LogP contribution in [0, 0.1) is 0 Å². The molecule has 0 aliphatic rings. The summed E-state index contributed by atoms with van der Waals surface area (Å²) in [5.41, 5.74) is 0.660. The summed E-state index contributed by atoms with van der Waals surface area (Å²) >= 11 is 3.26. The molecule has 0 aliphatic carbocycles. The second-order valence-corrected chi connectivity index (χ2v) is 3.42. The molecule has 1 aromatic heterocycles. The molecule has 0 spiro atoms. The van der Waals surface area contributed by atoms with Gasteiger partial charge in [-0.05, 0) is 18.2 Å². The lowest BCUT2D eigenvalue weighted by molar-refractivity contribution is 0.472. The highest BCUT2D eigenvalue weighted by atomic mass is 79.9. The Morgan fingerprint density at radius 3 is 2.54 bits per heavy atom. The summed E-state index contributed by atoms with van der Waals surface area (Å²) in [6, 6.07) is 5.24. The summed E-state index contributed by atoms with van der Waals surface area (Å²) in [5.74, 6) is 0.189. The van der Waals surface area contributed by atoms with Crippen molar-refractivity contribution in [2.45, 2.75) is 0 Å². The number of aromatic hydroxyl groups is 1. The molecular formula is C8H6BrN3O. The fourth-order valence-corrected chi connectivity index (χ4v) is 1.39. The van der Waals surface area contributed by atoms with Crippen molar-refractivity contribution in [3.63, 3.8) is 0 Å². The van der Waals surface area contributed by atoms with Crippen LogP contribution < -0.4 is 0 Å². The van der Waals surface area contributed by atoms with E-state index >= 15 is 0 Å². The van der Waals surface area contributed by atoms with Gasteiger partial charge in [0.1, 0.15) is 18.4 Å². The van der Waals surface area contributed by atoms with Crippen LogP contribution in [0.2, 0.25) is 0 Å². The first-order chi connectivity index (χ1) is 6.27. The minimum absolute atomic E-state index is 0.189. The monoisotopic (exact) mass is 239 g/mol. The predicted octanol–water partition coefficient (Wildman–Crippen LogP) is 1.74. The number of nitrogens with zero attached hydrogens (tertiary/aromatic N) is 3. The number of hydrogen-bond donors (Lipinski definition) is 1. The van der Waals surface area contributed by atoms with Crippen LogP contribution in [0.15, 0.2) is 35.3 Å². The van der Waals surface area contributed by atoms with Crippen LogP contribution in [0.1, 0.15) is 0 Å². The van der Waals surface area contributed by atoms with Crippen LogP contribution in [0.3, 0.4) is 0 Å². The van der Waals surface area contributed by atoms with E-state index in [2.05, 4.69) is 26.1 Å². The van der Waals surface area contributed by atoms with E-state index in [0.29, 0.717) is 5.69 Å². The Hall–Kier alpha value is -1.36. The molecule has 0 bridgehead atoms. The number of rotatable bonds is 1. The second kappa shape index (κ2) is 3.18. The fraction of sp³-hybridized carbons (Fsp3) is 0. The van der Waals surface area contributed by atoms with Crippen molar-refractivity contribution in [2.75, 3.05) is 0 Å². The van der Waals surface area contributed by atoms with Crippen LogP contribution in [0.4, 0.5) is 0 Å². The van der Waals surface area contributed by atoms with Gasteiger partial charge in [0.05, 0.1) is 5.69 Å². The molecule has 66 valence electrons. The van der Waals surface area contributed by atoms with Gasteiger partial charge in [-0.3, -0.25) is 4.57 Å². The average Bonchev–Trinajstić information content (AvgIpc) is 2.56.